The van der Waals surface area contributed by atoms with Crippen molar-refractivity contribution < 1.29 is 19.2 Å². The van der Waals surface area contributed by atoms with Gasteiger partial charge < -0.3 is 0 Å². The number of carbonyl (C=O) groups excluding carboxylic acids is 4. The van der Waals surface area contributed by atoms with Gasteiger partial charge in [0.1, 0.15) is 9.75 Å². The van der Waals surface area contributed by atoms with Gasteiger partial charge in [-0.1, -0.05) is 72.3 Å². The molecule has 3 aromatic carbocycles. The van der Waals surface area contributed by atoms with Gasteiger partial charge in [-0.2, -0.15) is 0 Å². The predicted molar refractivity (Wildman–Crippen MR) is 142 cm³/mol. The van der Waals surface area contributed by atoms with Crippen molar-refractivity contribution in [1.82, 2.24) is 15.8 Å². The minimum Gasteiger partial charge on any atom is -0.281 e. The summed E-state index contributed by atoms with van der Waals surface area (Å²) in [6, 6.07) is 21.1. The highest BCUT2D eigenvalue weighted by Gasteiger charge is 2.72. The Morgan fingerprint density at radius 1 is 0.737 bits per heavy atom. The first kappa shape index (κ1) is 24.9. The zero-order valence-electron chi connectivity index (χ0n) is 19.7. The molecule has 3 aliphatic carbocycles. The Labute approximate surface area is 233 Å². The fraction of sp³-hybridized carbons (Fsp3) is 0.214. The van der Waals surface area contributed by atoms with Crippen LogP contribution in [0, 0.1) is 11.8 Å². The summed E-state index contributed by atoms with van der Waals surface area (Å²) >= 11 is 20.8. The van der Waals surface area contributed by atoms with E-state index in [1.807, 2.05) is 48.5 Å². The average molecular weight is 569 g/mol. The summed E-state index contributed by atoms with van der Waals surface area (Å²) < 4.78 is 0. The molecule has 1 aliphatic heterocycles. The van der Waals surface area contributed by atoms with E-state index in [4.69, 9.17) is 34.8 Å². The predicted octanol–water partition coefficient (Wildman–Crippen LogP) is 4.08. The lowest BCUT2D eigenvalue weighted by molar-refractivity contribution is -0.140. The van der Waals surface area contributed by atoms with Crippen molar-refractivity contribution in [3.8, 4) is 0 Å². The van der Waals surface area contributed by atoms with Gasteiger partial charge in [0.05, 0.1) is 22.4 Å². The van der Waals surface area contributed by atoms with Crippen molar-refractivity contribution in [2.24, 2.45) is 11.8 Å². The second-order valence-electron chi connectivity index (χ2n) is 9.53. The fourth-order valence-corrected chi connectivity index (χ4v) is 7.38. The van der Waals surface area contributed by atoms with Crippen LogP contribution in [0.2, 0.25) is 5.02 Å². The van der Waals surface area contributed by atoms with Crippen molar-refractivity contribution in [2.45, 2.75) is 16.2 Å². The topological polar surface area (TPSA) is 95.6 Å². The lowest BCUT2D eigenvalue weighted by Crippen LogP contribution is -2.57. The molecule has 0 unspecified atom stereocenters. The van der Waals surface area contributed by atoms with Crippen LogP contribution in [0.25, 0.3) is 0 Å². The van der Waals surface area contributed by atoms with Gasteiger partial charge >= 0.3 is 0 Å². The van der Waals surface area contributed by atoms with Crippen LogP contribution in [0.1, 0.15) is 39.0 Å². The first-order valence-corrected chi connectivity index (χ1v) is 13.1. The Balaban J connectivity index is 1.24. The molecule has 1 saturated heterocycles. The van der Waals surface area contributed by atoms with Gasteiger partial charge in [0.15, 0.2) is 0 Å². The van der Waals surface area contributed by atoms with E-state index in [2.05, 4.69) is 10.9 Å². The quantitative estimate of drug-likeness (QED) is 0.282. The smallest absolute Gasteiger partial charge is 0.271 e. The SMILES string of the molecule is O=C(CCN1C(=O)[C@H]2[C@H](C1=O)C1(Cl)c3ccccc3C2(Cl)c2ccccc21)NNC(=O)c1ccccc1Cl. The zero-order valence-corrected chi connectivity index (χ0v) is 22.0. The number of amides is 4. The highest BCUT2D eigenvalue weighted by Crippen LogP contribution is 2.69. The number of hydrogen-bond donors (Lipinski definition) is 2. The molecule has 7 rings (SSSR count). The standard InChI is InChI=1S/C28H20Cl3N3O4/c29-20-12-6-1-7-15(20)24(36)33-32-21(35)13-14-34-25(37)22-23(26(34)38)28(31)17-9-3-2-8-16(17)27(22,30)18-10-4-5-11-19(18)28/h1-12,22-23H,13-14H2,(H,32,35)(H,33,36)/t22-,23-,27?,28?/m1/s1. The van der Waals surface area contributed by atoms with Crippen LogP contribution in [0.4, 0.5) is 0 Å². The van der Waals surface area contributed by atoms with E-state index < -0.39 is 45.2 Å². The number of imide groups is 1. The third kappa shape index (κ3) is 3.28. The number of nitrogens with one attached hydrogen (secondary N) is 2. The van der Waals surface area contributed by atoms with Gasteiger partial charge in [0.25, 0.3) is 5.91 Å². The molecular weight excluding hydrogens is 549 g/mol. The Kier molecular flexibility index (Phi) is 5.79. The Morgan fingerprint density at radius 3 is 1.66 bits per heavy atom. The number of carbonyl (C=O) groups is 4. The highest BCUT2D eigenvalue weighted by molar-refractivity contribution is 6.36. The largest absolute Gasteiger partial charge is 0.281 e. The van der Waals surface area contributed by atoms with E-state index in [1.54, 1.807) is 18.2 Å². The summed E-state index contributed by atoms with van der Waals surface area (Å²) in [7, 11) is 0. The molecule has 2 atom stereocenters. The van der Waals surface area contributed by atoms with E-state index in [0.29, 0.717) is 22.3 Å². The van der Waals surface area contributed by atoms with Crippen LogP contribution in [0.15, 0.2) is 72.8 Å². The maximum atomic E-state index is 13.8. The Hall–Kier alpha value is -3.39. The van der Waals surface area contributed by atoms with E-state index in [0.717, 1.165) is 4.90 Å². The van der Waals surface area contributed by atoms with Gasteiger partial charge in [0, 0.05) is 13.0 Å². The molecule has 7 nitrogen and oxygen atoms in total. The van der Waals surface area contributed by atoms with Crippen LogP contribution < -0.4 is 10.9 Å². The molecule has 2 bridgehead atoms. The maximum absolute atomic E-state index is 13.8. The third-order valence-electron chi connectivity index (χ3n) is 7.67. The molecule has 192 valence electrons. The molecule has 1 heterocycles. The first-order chi connectivity index (χ1) is 18.2. The van der Waals surface area contributed by atoms with Crippen LogP contribution >= 0.6 is 34.8 Å². The first-order valence-electron chi connectivity index (χ1n) is 12.0. The van der Waals surface area contributed by atoms with E-state index in [-0.39, 0.29) is 23.6 Å². The number of rotatable bonds is 4. The summed E-state index contributed by atoms with van der Waals surface area (Å²) in [5.41, 5.74) is 7.62. The van der Waals surface area contributed by atoms with Crippen molar-refractivity contribution in [1.29, 1.82) is 0 Å². The molecule has 0 spiro atoms. The van der Waals surface area contributed by atoms with E-state index in [1.165, 1.54) is 6.07 Å². The lowest BCUT2D eigenvalue weighted by Gasteiger charge is -2.54. The van der Waals surface area contributed by atoms with Crippen LogP contribution in [-0.2, 0) is 24.1 Å². The monoisotopic (exact) mass is 567 g/mol. The second-order valence-corrected chi connectivity index (χ2v) is 11.1. The summed E-state index contributed by atoms with van der Waals surface area (Å²) in [5, 5.41) is 0.233. The molecule has 1 fully saturated rings. The minimum absolute atomic E-state index is 0.189. The number of alkyl halides is 2. The molecule has 0 aromatic heterocycles. The number of nitrogens with zero attached hydrogens (tertiary/aromatic N) is 1. The lowest BCUT2D eigenvalue weighted by atomic mass is 9.54. The van der Waals surface area contributed by atoms with E-state index >= 15 is 0 Å². The molecule has 2 N–H and O–H groups in total. The zero-order chi connectivity index (χ0) is 26.8. The number of likely N-dealkylation sites (tertiary alicyclic amines) is 1. The number of halogens is 3. The van der Waals surface area contributed by atoms with Gasteiger partial charge in [-0.05, 0) is 34.4 Å². The molecule has 4 aliphatic rings. The van der Waals surface area contributed by atoms with Crippen LogP contribution in [-0.4, -0.2) is 35.1 Å². The van der Waals surface area contributed by atoms with Gasteiger partial charge in [-0.25, -0.2) is 0 Å². The molecule has 0 radical (unpaired) electrons. The number of hydrogen-bond acceptors (Lipinski definition) is 4. The summed E-state index contributed by atoms with van der Waals surface area (Å²) in [6.07, 6.45) is -0.232. The van der Waals surface area contributed by atoms with Crippen molar-refractivity contribution >= 4 is 58.4 Å². The Bertz CT molecular complexity index is 1420. The normalized spacial score (nSPS) is 26.4. The van der Waals surface area contributed by atoms with Crippen molar-refractivity contribution in [2.75, 3.05) is 6.54 Å². The summed E-state index contributed by atoms with van der Waals surface area (Å²) in [6.45, 7) is -0.189. The number of hydrazine groups is 1. The molecule has 10 heteroatoms. The van der Waals surface area contributed by atoms with Gasteiger partial charge in [-0.3, -0.25) is 34.9 Å². The summed E-state index contributed by atoms with van der Waals surface area (Å²) in [4.78, 5) is 50.8. The van der Waals surface area contributed by atoms with Crippen molar-refractivity contribution in [3.05, 3.63) is 106 Å². The second kappa shape index (κ2) is 8.83. The summed E-state index contributed by atoms with van der Waals surface area (Å²) in [5.74, 6) is -3.99. The van der Waals surface area contributed by atoms with E-state index in [9.17, 15) is 19.2 Å². The fourth-order valence-electron chi connectivity index (χ4n) is 6.06. The third-order valence-corrected chi connectivity index (χ3v) is 9.29. The van der Waals surface area contributed by atoms with Crippen LogP contribution in [0.3, 0.4) is 0 Å². The minimum atomic E-state index is -1.28. The number of benzene rings is 3. The highest BCUT2D eigenvalue weighted by atomic mass is 35.5. The maximum Gasteiger partial charge on any atom is 0.271 e. The molecule has 4 amide bonds. The van der Waals surface area contributed by atoms with Crippen LogP contribution in [0.5, 0.6) is 0 Å². The average Bonchev–Trinajstić information content (AvgIpc) is 3.19. The van der Waals surface area contributed by atoms with Gasteiger partial charge in [0.2, 0.25) is 17.7 Å². The molecular formula is C28H20Cl3N3O4. The Morgan fingerprint density at radius 2 is 1.18 bits per heavy atom. The van der Waals surface area contributed by atoms with Crippen molar-refractivity contribution in [3.63, 3.8) is 0 Å². The molecule has 0 saturated carbocycles. The molecule has 38 heavy (non-hydrogen) atoms. The van der Waals surface area contributed by atoms with Gasteiger partial charge in [-0.15, -0.1) is 23.2 Å². The molecule has 3 aromatic rings.